The summed E-state index contributed by atoms with van der Waals surface area (Å²) in [5, 5.41) is 11.8. The van der Waals surface area contributed by atoms with Crippen molar-refractivity contribution in [3.8, 4) is 0 Å². The number of allylic oxidation sites excluding steroid dienone is 2. The molecule has 0 aromatic heterocycles. The number of fused-ring (bicyclic) bond motifs is 1. The van der Waals surface area contributed by atoms with Gasteiger partial charge < -0.3 is 5.11 Å². The third kappa shape index (κ3) is 2.14. The highest BCUT2D eigenvalue weighted by atomic mass is 16.4. The van der Waals surface area contributed by atoms with Gasteiger partial charge in [-0.2, -0.15) is 0 Å². The summed E-state index contributed by atoms with van der Waals surface area (Å²) >= 11 is 0. The molecular formula is C17H16O2. The lowest BCUT2D eigenvalue weighted by Crippen LogP contribution is -2.23. The van der Waals surface area contributed by atoms with Gasteiger partial charge in [-0.25, -0.2) is 0 Å². The van der Waals surface area contributed by atoms with E-state index in [4.69, 9.17) is 0 Å². The molecule has 1 aliphatic carbocycles. The summed E-state index contributed by atoms with van der Waals surface area (Å²) in [6.07, 6.45) is 5.53. The van der Waals surface area contributed by atoms with Crippen LogP contribution in [0.25, 0.3) is 10.8 Å². The lowest BCUT2D eigenvalue weighted by atomic mass is 9.77. The van der Waals surface area contributed by atoms with Crippen molar-refractivity contribution < 1.29 is 9.90 Å². The average Bonchev–Trinajstić information content (AvgIpc) is 2.46. The Morgan fingerprint density at radius 1 is 1.00 bits per heavy atom. The second kappa shape index (κ2) is 4.88. The SMILES string of the molecule is O=C(O)[C@@H]1CC=CC[C@@H]1c1cccc2ccccc12. The van der Waals surface area contributed by atoms with E-state index in [-0.39, 0.29) is 11.8 Å². The number of rotatable bonds is 2. The molecule has 0 radical (unpaired) electrons. The normalized spacial score (nSPS) is 22.5. The molecule has 96 valence electrons. The minimum absolute atomic E-state index is 0.0774. The molecule has 3 rings (SSSR count). The first kappa shape index (κ1) is 12.0. The molecule has 1 aliphatic rings. The van der Waals surface area contributed by atoms with Crippen LogP contribution in [0.15, 0.2) is 54.6 Å². The van der Waals surface area contributed by atoms with Crippen molar-refractivity contribution in [2.45, 2.75) is 18.8 Å². The van der Waals surface area contributed by atoms with Gasteiger partial charge in [0.05, 0.1) is 5.92 Å². The van der Waals surface area contributed by atoms with Crippen molar-refractivity contribution in [1.82, 2.24) is 0 Å². The molecular weight excluding hydrogens is 236 g/mol. The molecule has 0 aliphatic heterocycles. The second-order valence-electron chi connectivity index (χ2n) is 5.06. The summed E-state index contributed by atoms with van der Waals surface area (Å²) in [6.45, 7) is 0. The van der Waals surface area contributed by atoms with Crippen molar-refractivity contribution in [1.29, 1.82) is 0 Å². The Hall–Kier alpha value is -2.09. The van der Waals surface area contributed by atoms with E-state index in [2.05, 4.69) is 30.3 Å². The first-order valence-corrected chi connectivity index (χ1v) is 6.63. The molecule has 0 spiro atoms. The maximum atomic E-state index is 11.4. The largest absolute Gasteiger partial charge is 0.481 e. The van der Waals surface area contributed by atoms with Gasteiger partial charge in [-0.1, -0.05) is 54.6 Å². The maximum absolute atomic E-state index is 11.4. The quantitative estimate of drug-likeness (QED) is 0.821. The van der Waals surface area contributed by atoms with Crippen LogP contribution in [0.4, 0.5) is 0 Å². The minimum atomic E-state index is -0.692. The molecule has 0 unspecified atom stereocenters. The Morgan fingerprint density at radius 2 is 1.74 bits per heavy atom. The van der Waals surface area contributed by atoms with Crippen molar-refractivity contribution in [3.63, 3.8) is 0 Å². The second-order valence-corrected chi connectivity index (χ2v) is 5.06. The van der Waals surface area contributed by atoms with Crippen LogP contribution >= 0.6 is 0 Å². The van der Waals surface area contributed by atoms with Gasteiger partial charge in [0, 0.05) is 5.92 Å². The van der Waals surface area contributed by atoms with Crippen LogP contribution < -0.4 is 0 Å². The zero-order valence-corrected chi connectivity index (χ0v) is 10.6. The highest BCUT2D eigenvalue weighted by molar-refractivity contribution is 5.87. The fraction of sp³-hybridized carbons (Fsp3) is 0.235. The molecule has 0 bridgehead atoms. The van der Waals surface area contributed by atoms with Crippen LogP contribution in [-0.4, -0.2) is 11.1 Å². The standard InChI is InChI=1S/C17H16O2/c18-17(19)16-10-4-3-9-15(16)14-11-5-7-12-6-1-2-8-13(12)14/h1-8,11,15-16H,9-10H2,(H,18,19)/t15-,16-/m1/s1. The Morgan fingerprint density at radius 3 is 2.58 bits per heavy atom. The van der Waals surface area contributed by atoms with E-state index in [1.165, 1.54) is 10.8 Å². The van der Waals surface area contributed by atoms with E-state index in [0.29, 0.717) is 6.42 Å². The summed E-state index contributed by atoms with van der Waals surface area (Å²) in [6, 6.07) is 14.4. The predicted octanol–water partition coefficient (Wildman–Crippen LogP) is 3.97. The molecule has 0 fully saturated rings. The minimum Gasteiger partial charge on any atom is -0.481 e. The summed E-state index contributed by atoms with van der Waals surface area (Å²) in [4.78, 5) is 11.4. The predicted molar refractivity (Wildman–Crippen MR) is 76.2 cm³/mol. The topological polar surface area (TPSA) is 37.3 Å². The lowest BCUT2D eigenvalue weighted by Gasteiger charge is -2.26. The number of hydrogen-bond acceptors (Lipinski definition) is 1. The molecule has 0 amide bonds. The van der Waals surface area contributed by atoms with Crippen molar-refractivity contribution in [2.75, 3.05) is 0 Å². The highest BCUT2D eigenvalue weighted by Crippen LogP contribution is 2.38. The van der Waals surface area contributed by atoms with E-state index >= 15 is 0 Å². The molecule has 0 saturated carbocycles. The van der Waals surface area contributed by atoms with Crippen molar-refractivity contribution in [2.24, 2.45) is 5.92 Å². The van der Waals surface area contributed by atoms with E-state index in [1.807, 2.05) is 24.3 Å². The van der Waals surface area contributed by atoms with Crippen LogP contribution in [0, 0.1) is 5.92 Å². The van der Waals surface area contributed by atoms with Gasteiger partial charge in [-0.05, 0) is 29.2 Å². The summed E-state index contributed by atoms with van der Waals surface area (Å²) in [5.41, 5.74) is 1.16. The molecule has 0 heterocycles. The Labute approximate surface area is 112 Å². The molecule has 2 aromatic rings. The van der Waals surface area contributed by atoms with Crippen LogP contribution in [0.1, 0.15) is 24.3 Å². The van der Waals surface area contributed by atoms with E-state index in [9.17, 15) is 9.90 Å². The van der Waals surface area contributed by atoms with E-state index < -0.39 is 5.97 Å². The number of aliphatic carboxylic acids is 1. The van der Waals surface area contributed by atoms with E-state index in [1.54, 1.807) is 0 Å². The fourth-order valence-corrected chi connectivity index (χ4v) is 3.00. The van der Waals surface area contributed by atoms with Gasteiger partial charge in [0.15, 0.2) is 0 Å². The molecule has 1 N–H and O–H groups in total. The Kier molecular flexibility index (Phi) is 3.08. The van der Waals surface area contributed by atoms with Crippen molar-refractivity contribution >= 4 is 16.7 Å². The summed E-state index contributed by atoms with van der Waals surface area (Å²) < 4.78 is 0. The monoisotopic (exact) mass is 252 g/mol. The van der Waals surface area contributed by atoms with E-state index in [0.717, 1.165) is 12.0 Å². The van der Waals surface area contributed by atoms with Crippen molar-refractivity contribution in [3.05, 3.63) is 60.2 Å². The molecule has 2 nitrogen and oxygen atoms in total. The zero-order chi connectivity index (χ0) is 13.2. The zero-order valence-electron chi connectivity index (χ0n) is 10.6. The number of carbonyl (C=O) groups is 1. The van der Waals surface area contributed by atoms with Gasteiger partial charge in [-0.15, -0.1) is 0 Å². The van der Waals surface area contributed by atoms with Crippen LogP contribution in [0.2, 0.25) is 0 Å². The number of hydrogen-bond donors (Lipinski definition) is 1. The average molecular weight is 252 g/mol. The van der Waals surface area contributed by atoms with Gasteiger partial charge in [0.25, 0.3) is 0 Å². The smallest absolute Gasteiger partial charge is 0.307 e. The maximum Gasteiger partial charge on any atom is 0.307 e. The highest BCUT2D eigenvalue weighted by Gasteiger charge is 2.30. The third-order valence-electron chi connectivity index (χ3n) is 3.97. The first-order chi connectivity index (χ1) is 9.27. The van der Waals surface area contributed by atoms with Gasteiger partial charge in [0.1, 0.15) is 0 Å². The molecule has 0 saturated heterocycles. The molecule has 2 aromatic carbocycles. The third-order valence-corrected chi connectivity index (χ3v) is 3.97. The Balaban J connectivity index is 2.12. The molecule has 2 heteroatoms. The molecule has 2 atom stereocenters. The number of carboxylic acid groups (broad SMARTS) is 1. The molecule has 19 heavy (non-hydrogen) atoms. The lowest BCUT2D eigenvalue weighted by molar-refractivity contribution is -0.142. The summed E-state index contributed by atoms with van der Waals surface area (Å²) in [7, 11) is 0. The van der Waals surface area contributed by atoms with Gasteiger partial charge >= 0.3 is 5.97 Å². The van der Waals surface area contributed by atoms with Gasteiger partial charge in [-0.3, -0.25) is 4.79 Å². The van der Waals surface area contributed by atoms with Crippen LogP contribution in [0.5, 0.6) is 0 Å². The number of benzene rings is 2. The summed E-state index contributed by atoms with van der Waals surface area (Å²) in [5.74, 6) is -0.924. The fourth-order valence-electron chi connectivity index (χ4n) is 3.00. The van der Waals surface area contributed by atoms with Gasteiger partial charge in [0.2, 0.25) is 0 Å². The van der Waals surface area contributed by atoms with Crippen LogP contribution in [0.3, 0.4) is 0 Å². The van der Waals surface area contributed by atoms with Crippen LogP contribution in [-0.2, 0) is 4.79 Å². The number of carboxylic acids is 1. The Bertz CT molecular complexity index is 637. The first-order valence-electron chi connectivity index (χ1n) is 6.63.